The molecule has 34 heavy (non-hydrogen) atoms. The molecule has 0 aliphatic carbocycles. The third-order valence-electron chi connectivity index (χ3n) is 6.69. The summed E-state index contributed by atoms with van der Waals surface area (Å²) in [6, 6.07) is 26.9. The average molecular weight is 473 g/mol. The lowest BCUT2D eigenvalue weighted by atomic mass is 10.1. The summed E-state index contributed by atoms with van der Waals surface area (Å²) in [6.45, 7) is 13.6. The van der Waals surface area contributed by atoms with Crippen molar-refractivity contribution >= 4 is 53.9 Å². The molecule has 0 aliphatic rings. The van der Waals surface area contributed by atoms with Gasteiger partial charge in [-0.05, 0) is 53.7 Å². The van der Waals surface area contributed by atoms with E-state index < -0.39 is 7.89 Å². The van der Waals surface area contributed by atoms with Gasteiger partial charge in [-0.15, -0.1) is 7.89 Å². The molecule has 0 aliphatic heterocycles. The fourth-order valence-corrected chi connectivity index (χ4v) is 13.3. The number of rotatable bonds is 3. The summed E-state index contributed by atoms with van der Waals surface area (Å²) in [5.41, 5.74) is 10.6. The lowest BCUT2D eigenvalue weighted by Crippen LogP contribution is -2.44. The van der Waals surface area contributed by atoms with E-state index >= 15 is 0 Å². The van der Waals surface area contributed by atoms with Gasteiger partial charge in [0.15, 0.2) is 0 Å². The third kappa shape index (κ3) is 4.04. The monoisotopic (exact) mass is 472 g/mol. The van der Waals surface area contributed by atoms with Crippen molar-refractivity contribution in [1.29, 1.82) is 0 Å². The Morgan fingerprint density at radius 1 is 0.559 bits per heavy atom. The molecule has 0 radical (unpaired) electrons. The molecule has 0 saturated heterocycles. The number of aryl methyl sites for hydroxylation is 6. The fraction of sp³-hybridized carbons (Fsp3) is 0.194. The molecular weight excluding hydrogens is 443 g/mol. The second-order valence-corrected chi connectivity index (χ2v) is 14.3. The predicted molar refractivity (Wildman–Crippen MR) is 151 cm³/mol. The van der Waals surface area contributed by atoms with E-state index in [0.717, 1.165) is 19.6 Å². The Labute approximate surface area is 206 Å². The number of pyridine rings is 1. The van der Waals surface area contributed by atoms with Crippen molar-refractivity contribution in [3.05, 3.63) is 106 Å². The van der Waals surface area contributed by atoms with Crippen LogP contribution in [0.5, 0.6) is 0 Å². The Morgan fingerprint density at radius 2 is 1.00 bits per heavy atom. The molecule has 1 aromatic heterocycles. The molecule has 0 N–H and O–H groups in total. The van der Waals surface area contributed by atoms with Crippen molar-refractivity contribution in [1.82, 2.24) is 4.98 Å². The van der Waals surface area contributed by atoms with Crippen LogP contribution in [0.2, 0.25) is 0 Å². The fourth-order valence-electron chi connectivity index (χ4n) is 5.44. The van der Waals surface area contributed by atoms with Gasteiger partial charge in [0.1, 0.15) is 0 Å². The molecule has 0 spiro atoms. The molecule has 0 fully saturated rings. The summed E-state index contributed by atoms with van der Waals surface area (Å²) in [6.07, 6.45) is 0. The van der Waals surface area contributed by atoms with Crippen LogP contribution in [0, 0.1) is 41.5 Å². The summed E-state index contributed by atoms with van der Waals surface area (Å²) < 4.78 is 0. The number of benzene rings is 4. The van der Waals surface area contributed by atoms with Crippen molar-refractivity contribution in [3.8, 4) is 0 Å². The van der Waals surface area contributed by atoms with Crippen LogP contribution in [0.4, 0.5) is 0 Å². The summed E-state index contributed by atoms with van der Waals surface area (Å²) >= 11 is 0. The van der Waals surface area contributed by atoms with Gasteiger partial charge >= 0.3 is 0 Å². The van der Waals surface area contributed by atoms with Crippen LogP contribution in [-0.2, 0) is 0 Å². The first kappa shape index (κ1) is 22.8. The van der Waals surface area contributed by atoms with E-state index in [-0.39, 0.29) is 0 Å². The van der Waals surface area contributed by atoms with Crippen LogP contribution >= 0.6 is 0 Å². The van der Waals surface area contributed by atoms with Crippen LogP contribution in [0.25, 0.3) is 21.8 Å². The van der Waals surface area contributed by atoms with Crippen LogP contribution in [0.15, 0.2) is 72.8 Å². The number of fused-ring (bicyclic) bond motifs is 2. The van der Waals surface area contributed by atoms with Gasteiger partial charge in [-0.3, -0.25) is 0 Å². The Bertz CT molecular complexity index is 1510. The van der Waals surface area contributed by atoms with Gasteiger partial charge in [0.2, 0.25) is 0 Å². The number of hydrogen-bond donors (Lipinski definition) is 0. The van der Waals surface area contributed by atoms with Crippen LogP contribution in [-0.4, -0.2) is 21.5 Å². The van der Waals surface area contributed by atoms with Crippen LogP contribution in [0.1, 0.15) is 33.4 Å². The van der Waals surface area contributed by atoms with Crippen molar-refractivity contribution in [2.24, 2.45) is 0 Å². The summed E-state index contributed by atoms with van der Waals surface area (Å²) in [7, 11) is -0.413. The Kier molecular flexibility index (Phi) is 6.01. The van der Waals surface area contributed by atoms with Gasteiger partial charge in [0, 0.05) is 10.8 Å². The number of hydrogen-bond acceptors (Lipinski definition) is 1. The van der Waals surface area contributed by atoms with Gasteiger partial charge in [0.05, 0.1) is 11.0 Å². The maximum atomic E-state index is 5.05. The zero-order valence-electron chi connectivity index (χ0n) is 20.9. The molecular formula is C31H30NSi2-. The van der Waals surface area contributed by atoms with E-state index in [9.17, 15) is 0 Å². The number of nitrogens with zero attached hydrogens (tertiary/aromatic N) is 1. The highest BCUT2D eigenvalue weighted by atomic mass is 28.9. The van der Waals surface area contributed by atoms with Crippen molar-refractivity contribution in [2.45, 2.75) is 41.5 Å². The Hall–Kier alpha value is -3.02. The second kappa shape index (κ2) is 8.97. The minimum atomic E-state index is -1.15. The standard InChI is InChI=1S/C31H30NSi2/c1-19-15-21(3)29(22(4)16-19)33-34(30-23(5)17-20(2)18-24(30)6)31-25-11-7-9-13-27(25)32-28-14-10-8-12-26(28)31/h7-18H,1-6H3/q-1. The van der Waals surface area contributed by atoms with Crippen LogP contribution in [0.3, 0.4) is 0 Å². The quantitative estimate of drug-likeness (QED) is 0.254. The van der Waals surface area contributed by atoms with E-state index in [1.165, 1.54) is 54.5 Å². The van der Waals surface area contributed by atoms with Gasteiger partial charge in [0.25, 0.3) is 0 Å². The van der Waals surface area contributed by atoms with E-state index in [1.54, 1.807) is 5.19 Å². The zero-order chi connectivity index (χ0) is 24.0. The average Bonchev–Trinajstić information content (AvgIpc) is 2.78. The molecule has 0 saturated carbocycles. The molecule has 3 heteroatoms. The maximum absolute atomic E-state index is 5.05. The topological polar surface area (TPSA) is 12.9 Å². The normalized spacial score (nSPS) is 12.0. The Morgan fingerprint density at radius 3 is 1.50 bits per heavy atom. The lowest BCUT2D eigenvalue weighted by Gasteiger charge is -2.28. The number of para-hydroxylation sites is 2. The van der Waals surface area contributed by atoms with Crippen LogP contribution < -0.4 is 15.6 Å². The first-order valence-electron chi connectivity index (χ1n) is 11.9. The first-order valence-corrected chi connectivity index (χ1v) is 15.4. The number of aromatic nitrogens is 1. The van der Waals surface area contributed by atoms with E-state index in [2.05, 4.69) is 114 Å². The van der Waals surface area contributed by atoms with Gasteiger partial charge in [-0.2, -0.15) is 0 Å². The highest BCUT2D eigenvalue weighted by Crippen LogP contribution is 2.19. The molecule has 1 nitrogen and oxygen atoms in total. The van der Waals surface area contributed by atoms with E-state index in [4.69, 9.17) is 4.98 Å². The van der Waals surface area contributed by atoms with Gasteiger partial charge < -0.3 is 8.61 Å². The van der Waals surface area contributed by atoms with Gasteiger partial charge in [-0.25, -0.2) is 10.2 Å². The molecule has 168 valence electrons. The second-order valence-electron chi connectivity index (χ2n) is 9.57. The van der Waals surface area contributed by atoms with Crippen molar-refractivity contribution < 1.29 is 0 Å². The lowest BCUT2D eigenvalue weighted by molar-refractivity contribution is 1.35. The third-order valence-corrected chi connectivity index (χ3v) is 13.3. The highest BCUT2D eigenvalue weighted by Gasteiger charge is 2.13. The summed E-state index contributed by atoms with van der Waals surface area (Å²) in [4.78, 5) is 5.05. The van der Waals surface area contributed by atoms with Gasteiger partial charge in [-0.1, -0.05) is 104 Å². The SMILES string of the molecule is Cc1cc(C)c([Si-]=[Si](c2c(C)cc(C)cc2C)c2c3ccccc3nc3ccccc23)c(C)c1. The maximum Gasteiger partial charge on any atom is 0.0710 e. The van der Waals surface area contributed by atoms with Crippen molar-refractivity contribution in [3.63, 3.8) is 0 Å². The zero-order valence-corrected chi connectivity index (χ0v) is 22.9. The molecule has 0 atom stereocenters. The summed E-state index contributed by atoms with van der Waals surface area (Å²) in [5.74, 6) is 0. The first-order chi connectivity index (χ1) is 16.3. The predicted octanol–water partition coefficient (Wildman–Crippen LogP) is 5.37. The molecule has 5 aromatic rings. The van der Waals surface area contributed by atoms with E-state index in [0.29, 0.717) is 0 Å². The molecule has 5 rings (SSSR count). The largest absolute Gasteiger partial charge is 0.408 e. The minimum absolute atomic E-state index is 0.735. The van der Waals surface area contributed by atoms with E-state index in [1.807, 2.05) is 0 Å². The minimum Gasteiger partial charge on any atom is -0.408 e. The molecule has 0 amide bonds. The summed E-state index contributed by atoms with van der Waals surface area (Å²) in [5, 5.41) is 7.23. The molecule has 0 bridgehead atoms. The Balaban J connectivity index is 1.98. The van der Waals surface area contributed by atoms with Crippen molar-refractivity contribution in [2.75, 3.05) is 0 Å². The molecule has 4 aromatic carbocycles. The molecule has 1 heterocycles. The highest BCUT2D eigenvalue weighted by molar-refractivity contribution is 7.08. The molecule has 0 unspecified atom stereocenters. The smallest absolute Gasteiger partial charge is 0.0710 e.